The minimum absolute atomic E-state index is 0. The molecule has 1 fully saturated rings. The minimum atomic E-state index is -0.391. The molecule has 1 atom stereocenters. The second kappa shape index (κ2) is 7.84. The molecule has 1 amide bonds. The molecule has 2 rings (SSSR count). The SMILES string of the molecule is CC(C)C(C)(CN)NC(=O)c1ccc(OCC2CC2)cc1.Cl. The van der Waals surface area contributed by atoms with E-state index in [-0.39, 0.29) is 24.2 Å². The lowest BCUT2D eigenvalue weighted by Gasteiger charge is -2.33. The van der Waals surface area contributed by atoms with Crippen molar-refractivity contribution in [3.63, 3.8) is 0 Å². The largest absolute Gasteiger partial charge is 0.493 e. The fourth-order valence-corrected chi connectivity index (χ4v) is 1.96. The average Bonchev–Trinajstić information content (AvgIpc) is 3.29. The van der Waals surface area contributed by atoms with E-state index >= 15 is 0 Å². The third-order valence-corrected chi connectivity index (χ3v) is 4.40. The second-order valence-corrected chi connectivity index (χ2v) is 6.51. The van der Waals surface area contributed by atoms with Gasteiger partial charge in [-0.2, -0.15) is 0 Å². The molecule has 1 aliphatic carbocycles. The Kier molecular flexibility index (Phi) is 6.69. The van der Waals surface area contributed by atoms with Crippen LogP contribution < -0.4 is 15.8 Å². The maximum Gasteiger partial charge on any atom is 0.251 e. The summed E-state index contributed by atoms with van der Waals surface area (Å²) >= 11 is 0. The zero-order valence-corrected chi connectivity index (χ0v) is 14.4. The molecule has 22 heavy (non-hydrogen) atoms. The number of halogens is 1. The van der Waals surface area contributed by atoms with E-state index in [0.29, 0.717) is 12.1 Å². The summed E-state index contributed by atoms with van der Waals surface area (Å²) in [5.41, 5.74) is 6.04. The number of ether oxygens (including phenoxy) is 1. The van der Waals surface area contributed by atoms with Gasteiger partial charge in [0.1, 0.15) is 5.75 Å². The van der Waals surface area contributed by atoms with Gasteiger partial charge in [-0.15, -0.1) is 12.4 Å². The lowest BCUT2D eigenvalue weighted by molar-refractivity contribution is 0.0883. The monoisotopic (exact) mass is 326 g/mol. The molecule has 1 aliphatic rings. The number of nitrogens with one attached hydrogen (secondary N) is 1. The first kappa shape index (κ1) is 18.8. The van der Waals surface area contributed by atoms with E-state index in [4.69, 9.17) is 10.5 Å². The molecule has 0 aromatic heterocycles. The van der Waals surface area contributed by atoms with Crippen LogP contribution >= 0.6 is 12.4 Å². The Morgan fingerprint density at radius 3 is 2.41 bits per heavy atom. The first-order chi connectivity index (χ1) is 9.94. The smallest absolute Gasteiger partial charge is 0.251 e. The van der Waals surface area contributed by atoms with Crippen LogP contribution in [0.2, 0.25) is 0 Å². The number of amides is 1. The molecular weight excluding hydrogens is 300 g/mol. The van der Waals surface area contributed by atoms with Crippen molar-refractivity contribution < 1.29 is 9.53 Å². The fraction of sp³-hybridized carbons (Fsp3) is 0.588. The van der Waals surface area contributed by atoms with Gasteiger partial charge < -0.3 is 15.8 Å². The van der Waals surface area contributed by atoms with Gasteiger partial charge in [0.15, 0.2) is 0 Å². The number of hydrogen-bond acceptors (Lipinski definition) is 3. The highest BCUT2D eigenvalue weighted by atomic mass is 35.5. The molecule has 0 radical (unpaired) electrons. The standard InChI is InChI=1S/C17H26N2O2.ClH/c1-12(2)17(3,11-18)19-16(20)14-6-8-15(9-7-14)21-10-13-4-5-13;/h6-9,12-13H,4-5,10-11,18H2,1-3H3,(H,19,20);1H. The quantitative estimate of drug-likeness (QED) is 0.809. The number of nitrogens with two attached hydrogens (primary N) is 1. The van der Waals surface area contributed by atoms with Gasteiger partial charge in [0.25, 0.3) is 5.91 Å². The van der Waals surface area contributed by atoms with Crippen LogP contribution in [0.4, 0.5) is 0 Å². The number of benzene rings is 1. The molecule has 0 saturated heterocycles. The molecule has 4 nitrogen and oxygen atoms in total. The summed E-state index contributed by atoms with van der Waals surface area (Å²) in [6.07, 6.45) is 2.54. The molecule has 0 heterocycles. The highest BCUT2D eigenvalue weighted by Crippen LogP contribution is 2.29. The zero-order valence-electron chi connectivity index (χ0n) is 13.6. The van der Waals surface area contributed by atoms with Crippen molar-refractivity contribution in [2.75, 3.05) is 13.2 Å². The van der Waals surface area contributed by atoms with E-state index in [1.54, 1.807) is 12.1 Å². The van der Waals surface area contributed by atoms with Crippen molar-refractivity contribution >= 4 is 18.3 Å². The molecule has 0 spiro atoms. The number of carbonyl (C=O) groups is 1. The van der Waals surface area contributed by atoms with Gasteiger partial charge in [-0.05, 0) is 55.9 Å². The van der Waals surface area contributed by atoms with Crippen molar-refractivity contribution in [2.24, 2.45) is 17.6 Å². The highest BCUT2D eigenvalue weighted by molar-refractivity contribution is 5.94. The first-order valence-corrected chi connectivity index (χ1v) is 7.70. The summed E-state index contributed by atoms with van der Waals surface area (Å²) in [7, 11) is 0. The maximum atomic E-state index is 12.3. The number of hydrogen-bond donors (Lipinski definition) is 2. The van der Waals surface area contributed by atoms with E-state index in [1.165, 1.54) is 12.8 Å². The summed E-state index contributed by atoms with van der Waals surface area (Å²) in [5, 5.41) is 3.03. The van der Waals surface area contributed by atoms with E-state index in [0.717, 1.165) is 18.3 Å². The highest BCUT2D eigenvalue weighted by Gasteiger charge is 2.28. The molecule has 0 bridgehead atoms. The Hall–Kier alpha value is -1.26. The van der Waals surface area contributed by atoms with Crippen LogP contribution in [0.1, 0.15) is 44.0 Å². The van der Waals surface area contributed by atoms with Crippen LogP contribution in [-0.2, 0) is 0 Å². The van der Waals surface area contributed by atoms with Crippen LogP contribution in [-0.4, -0.2) is 24.6 Å². The molecule has 1 aromatic carbocycles. The third-order valence-electron chi connectivity index (χ3n) is 4.40. The lowest BCUT2D eigenvalue weighted by atomic mass is 9.88. The van der Waals surface area contributed by atoms with E-state index in [9.17, 15) is 4.79 Å². The molecular formula is C17H27ClN2O2. The normalized spacial score (nSPS) is 16.6. The number of rotatable bonds is 7. The Labute approximate surface area is 139 Å². The van der Waals surface area contributed by atoms with Crippen LogP contribution in [0.25, 0.3) is 0 Å². The summed E-state index contributed by atoms with van der Waals surface area (Å²) in [4.78, 5) is 12.3. The third kappa shape index (κ3) is 4.89. The van der Waals surface area contributed by atoms with Gasteiger partial charge in [0, 0.05) is 12.1 Å². The molecule has 1 unspecified atom stereocenters. The molecule has 0 aliphatic heterocycles. The summed E-state index contributed by atoms with van der Waals surface area (Å²) in [6.45, 7) is 7.29. The predicted octanol–water partition coefficient (Wildman–Crippen LogP) is 3.00. The van der Waals surface area contributed by atoms with Crippen LogP contribution in [0.3, 0.4) is 0 Å². The van der Waals surface area contributed by atoms with Crippen LogP contribution in [0, 0.1) is 11.8 Å². The van der Waals surface area contributed by atoms with Crippen molar-refractivity contribution in [2.45, 2.75) is 39.2 Å². The minimum Gasteiger partial charge on any atom is -0.493 e. The van der Waals surface area contributed by atoms with E-state index in [2.05, 4.69) is 19.2 Å². The van der Waals surface area contributed by atoms with Crippen molar-refractivity contribution in [3.05, 3.63) is 29.8 Å². The predicted molar refractivity (Wildman–Crippen MR) is 91.7 cm³/mol. The Bertz CT molecular complexity index is 486. The summed E-state index contributed by atoms with van der Waals surface area (Å²) < 4.78 is 5.67. The van der Waals surface area contributed by atoms with Gasteiger partial charge >= 0.3 is 0 Å². The summed E-state index contributed by atoms with van der Waals surface area (Å²) in [6, 6.07) is 7.31. The topological polar surface area (TPSA) is 64.3 Å². The van der Waals surface area contributed by atoms with Gasteiger partial charge in [0.05, 0.1) is 12.1 Å². The van der Waals surface area contributed by atoms with Gasteiger partial charge in [-0.3, -0.25) is 4.79 Å². The van der Waals surface area contributed by atoms with Crippen molar-refractivity contribution in [3.8, 4) is 5.75 Å². The Morgan fingerprint density at radius 2 is 1.95 bits per heavy atom. The van der Waals surface area contributed by atoms with E-state index in [1.807, 2.05) is 19.1 Å². The maximum absolute atomic E-state index is 12.3. The molecule has 5 heteroatoms. The van der Waals surface area contributed by atoms with Crippen molar-refractivity contribution in [1.29, 1.82) is 0 Å². The Balaban J connectivity index is 0.00000242. The lowest BCUT2D eigenvalue weighted by Crippen LogP contribution is -2.55. The molecule has 124 valence electrons. The molecule has 1 aromatic rings. The molecule has 1 saturated carbocycles. The van der Waals surface area contributed by atoms with E-state index < -0.39 is 5.54 Å². The fourth-order valence-electron chi connectivity index (χ4n) is 1.96. The van der Waals surface area contributed by atoms with Crippen molar-refractivity contribution in [1.82, 2.24) is 5.32 Å². The Morgan fingerprint density at radius 1 is 1.36 bits per heavy atom. The summed E-state index contributed by atoms with van der Waals surface area (Å²) in [5.74, 6) is 1.73. The van der Waals surface area contributed by atoms with Crippen LogP contribution in [0.15, 0.2) is 24.3 Å². The zero-order chi connectivity index (χ0) is 15.5. The number of carbonyl (C=O) groups excluding carboxylic acids is 1. The van der Waals surface area contributed by atoms with Crippen LogP contribution in [0.5, 0.6) is 5.75 Å². The van der Waals surface area contributed by atoms with Gasteiger partial charge in [-0.25, -0.2) is 0 Å². The second-order valence-electron chi connectivity index (χ2n) is 6.51. The van der Waals surface area contributed by atoms with Gasteiger partial charge in [-0.1, -0.05) is 13.8 Å². The average molecular weight is 327 g/mol. The molecule has 3 N–H and O–H groups in total. The first-order valence-electron chi connectivity index (χ1n) is 7.70. The van der Waals surface area contributed by atoms with Gasteiger partial charge in [0.2, 0.25) is 0 Å².